The van der Waals surface area contributed by atoms with Gasteiger partial charge in [0.05, 0.1) is 12.4 Å². The molecule has 1 aliphatic heterocycles. The molecule has 0 radical (unpaired) electrons. The van der Waals surface area contributed by atoms with Crippen molar-refractivity contribution in [2.24, 2.45) is 0 Å². The van der Waals surface area contributed by atoms with Gasteiger partial charge in [-0.25, -0.2) is 13.1 Å². The van der Waals surface area contributed by atoms with E-state index in [2.05, 4.69) is 4.72 Å². The first-order valence-corrected chi connectivity index (χ1v) is 9.81. The fourth-order valence-corrected chi connectivity index (χ4v) is 3.98. The third kappa shape index (κ3) is 5.11. The molecule has 1 aromatic rings. The first-order chi connectivity index (χ1) is 10.7. The first kappa shape index (κ1) is 18.1. The van der Waals surface area contributed by atoms with E-state index < -0.39 is 10.0 Å². The lowest BCUT2D eigenvalue weighted by atomic mass is 10.0. The van der Waals surface area contributed by atoms with E-state index in [1.807, 2.05) is 45.9 Å². The van der Waals surface area contributed by atoms with Gasteiger partial charge in [0, 0.05) is 18.0 Å². The summed E-state index contributed by atoms with van der Waals surface area (Å²) in [5, 5.41) is 0. The van der Waals surface area contributed by atoms with E-state index in [1.165, 1.54) is 0 Å². The number of hydrogen-bond donors (Lipinski definition) is 1. The number of ether oxygens (including phenoxy) is 2. The Labute approximate surface area is 139 Å². The second kappa shape index (κ2) is 7.09. The third-order valence-electron chi connectivity index (χ3n) is 3.86. The lowest BCUT2D eigenvalue weighted by Gasteiger charge is -2.18. The lowest BCUT2D eigenvalue weighted by molar-refractivity contribution is 0.132. The Morgan fingerprint density at radius 1 is 1.39 bits per heavy atom. The molecule has 1 heterocycles. The monoisotopic (exact) mass is 341 g/mol. The first-order valence-electron chi connectivity index (χ1n) is 8.16. The van der Waals surface area contributed by atoms with E-state index in [0.29, 0.717) is 18.8 Å². The van der Waals surface area contributed by atoms with Crippen LogP contribution in [0.1, 0.15) is 46.1 Å². The number of nitrogens with one attached hydrogen (secondary N) is 1. The van der Waals surface area contributed by atoms with Crippen LogP contribution in [0.2, 0.25) is 0 Å². The number of para-hydroxylation sites is 1. The van der Waals surface area contributed by atoms with Gasteiger partial charge in [-0.1, -0.05) is 19.1 Å². The number of sulfonamides is 1. The van der Waals surface area contributed by atoms with Crippen molar-refractivity contribution in [1.29, 1.82) is 0 Å². The van der Waals surface area contributed by atoms with Crippen LogP contribution in [0.5, 0.6) is 11.5 Å². The Balaban J connectivity index is 1.86. The largest absolute Gasteiger partial charge is 0.490 e. The molecule has 1 aliphatic rings. The zero-order valence-corrected chi connectivity index (χ0v) is 15.2. The molecular weight excluding hydrogens is 314 g/mol. The summed E-state index contributed by atoms with van der Waals surface area (Å²) in [7, 11) is -3.24. The molecule has 6 heteroatoms. The highest BCUT2D eigenvalue weighted by Gasteiger charge is 2.32. The van der Waals surface area contributed by atoms with Gasteiger partial charge in [0.15, 0.2) is 11.5 Å². The SMILES string of the molecule is CC[C@@H](C)NS(=O)(=O)CCCOc1cccc2c1OC(C)(C)C2. The molecule has 0 fully saturated rings. The summed E-state index contributed by atoms with van der Waals surface area (Å²) in [6, 6.07) is 5.82. The Bertz CT molecular complexity index is 640. The lowest BCUT2D eigenvalue weighted by Crippen LogP contribution is -2.34. The molecule has 0 saturated carbocycles. The molecule has 0 saturated heterocycles. The van der Waals surface area contributed by atoms with E-state index in [0.717, 1.165) is 24.2 Å². The van der Waals surface area contributed by atoms with E-state index in [4.69, 9.17) is 9.47 Å². The molecule has 1 atom stereocenters. The Hall–Kier alpha value is -1.27. The molecule has 23 heavy (non-hydrogen) atoms. The van der Waals surface area contributed by atoms with Crippen molar-refractivity contribution in [2.75, 3.05) is 12.4 Å². The summed E-state index contributed by atoms with van der Waals surface area (Å²) in [4.78, 5) is 0. The van der Waals surface area contributed by atoms with Crippen molar-refractivity contribution in [2.45, 2.75) is 58.6 Å². The van der Waals surface area contributed by atoms with Gasteiger partial charge in [0.1, 0.15) is 5.60 Å². The quantitative estimate of drug-likeness (QED) is 0.739. The van der Waals surface area contributed by atoms with Crippen molar-refractivity contribution in [3.63, 3.8) is 0 Å². The highest BCUT2D eigenvalue weighted by atomic mass is 32.2. The van der Waals surface area contributed by atoms with Gasteiger partial charge in [0.2, 0.25) is 10.0 Å². The molecule has 0 unspecified atom stereocenters. The Kier molecular flexibility index (Phi) is 5.57. The third-order valence-corrected chi connectivity index (χ3v) is 5.45. The number of fused-ring (bicyclic) bond motifs is 1. The summed E-state index contributed by atoms with van der Waals surface area (Å²) in [5.41, 5.74) is 0.921. The molecule has 1 N–H and O–H groups in total. The van der Waals surface area contributed by atoms with Gasteiger partial charge in [-0.15, -0.1) is 0 Å². The van der Waals surface area contributed by atoms with Crippen LogP contribution in [0.15, 0.2) is 18.2 Å². The van der Waals surface area contributed by atoms with Gasteiger partial charge in [-0.05, 0) is 39.7 Å². The van der Waals surface area contributed by atoms with Gasteiger partial charge >= 0.3 is 0 Å². The molecule has 0 bridgehead atoms. The van der Waals surface area contributed by atoms with Crippen LogP contribution in [-0.2, 0) is 16.4 Å². The second-order valence-electron chi connectivity index (χ2n) is 6.73. The highest BCUT2D eigenvalue weighted by molar-refractivity contribution is 7.89. The molecule has 0 aromatic heterocycles. The topological polar surface area (TPSA) is 64.6 Å². The summed E-state index contributed by atoms with van der Waals surface area (Å²) in [6.07, 6.45) is 2.07. The Morgan fingerprint density at radius 2 is 2.13 bits per heavy atom. The van der Waals surface area contributed by atoms with Crippen molar-refractivity contribution in [3.05, 3.63) is 23.8 Å². The summed E-state index contributed by atoms with van der Waals surface area (Å²) in [6.45, 7) is 8.25. The zero-order chi connectivity index (χ0) is 17.1. The molecule has 0 spiro atoms. The normalized spacial score (nSPS) is 17.4. The smallest absolute Gasteiger partial charge is 0.211 e. The molecule has 2 rings (SSSR count). The van der Waals surface area contributed by atoms with Gasteiger partial charge < -0.3 is 9.47 Å². The van der Waals surface area contributed by atoms with Gasteiger partial charge in [0.25, 0.3) is 0 Å². The van der Waals surface area contributed by atoms with Crippen molar-refractivity contribution >= 4 is 10.0 Å². The summed E-state index contributed by atoms with van der Waals surface area (Å²) < 4.78 is 38.1. The predicted octanol–water partition coefficient (Wildman–Crippen LogP) is 2.89. The minimum absolute atomic E-state index is 0.0334. The molecule has 0 aliphatic carbocycles. The minimum atomic E-state index is -3.24. The van der Waals surface area contributed by atoms with Crippen molar-refractivity contribution in [3.8, 4) is 11.5 Å². The maximum absolute atomic E-state index is 11.9. The highest BCUT2D eigenvalue weighted by Crippen LogP contribution is 2.41. The molecular formula is C17H27NO4S. The maximum atomic E-state index is 11.9. The molecule has 130 valence electrons. The van der Waals surface area contributed by atoms with Crippen LogP contribution >= 0.6 is 0 Å². The minimum Gasteiger partial charge on any atom is -0.490 e. The van der Waals surface area contributed by atoms with E-state index in [-0.39, 0.29) is 17.4 Å². The number of rotatable bonds is 8. The summed E-state index contributed by atoms with van der Waals surface area (Å²) >= 11 is 0. The van der Waals surface area contributed by atoms with Crippen LogP contribution in [-0.4, -0.2) is 32.4 Å². The fourth-order valence-electron chi connectivity index (χ4n) is 2.58. The van der Waals surface area contributed by atoms with Crippen molar-refractivity contribution < 1.29 is 17.9 Å². The van der Waals surface area contributed by atoms with E-state index in [1.54, 1.807) is 0 Å². The summed E-state index contributed by atoms with van der Waals surface area (Å²) in [5.74, 6) is 1.55. The van der Waals surface area contributed by atoms with Crippen LogP contribution in [0.3, 0.4) is 0 Å². The second-order valence-corrected chi connectivity index (χ2v) is 8.60. The van der Waals surface area contributed by atoms with Crippen LogP contribution in [0.4, 0.5) is 0 Å². The van der Waals surface area contributed by atoms with Gasteiger partial charge in [-0.2, -0.15) is 0 Å². The van der Waals surface area contributed by atoms with Crippen LogP contribution < -0.4 is 14.2 Å². The average Bonchev–Trinajstić information content (AvgIpc) is 2.77. The Morgan fingerprint density at radius 3 is 2.83 bits per heavy atom. The average molecular weight is 341 g/mol. The maximum Gasteiger partial charge on any atom is 0.211 e. The zero-order valence-electron chi connectivity index (χ0n) is 14.4. The van der Waals surface area contributed by atoms with Crippen LogP contribution in [0.25, 0.3) is 0 Å². The van der Waals surface area contributed by atoms with Crippen LogP contribution in [0, 0.1) is 0 Å². The van der Waals surface area contributed by atoms with E-state index >= 15 is 0 Å². The van der Waals surface area contributed by atoms with Gasteiger partial charge in [-0.3, -0.25) is 0 Å². The molecule has 1 aromatic carbocycles. The fraction of sp³-hybridized carbons (Fsp3) is 0.647. The van der Waals surface area contributed by atoms with Crippen molar-refractivity contribution in [1.82, 2.24) is 4.72 Å². The predicted molar refractivity (Wildman–Crippen MR) is 91.6 cm³/mol. The molecule has 5 nitrogen and oxygen atoms in total. The van der Waals surface area contributed by atoms with E-state index in [9.17, 15) is 8.42 Å². The molecule has 0 amide bonds. The number of hydrogen-bond acceptors (Lipinski definition) is 4. The number of benzene rings is 1. The standard InChI is InChI=1S/C17H27NO4S/c1-5-13(2)18-23(19,20)11-7-10-21-15-9-6-8-14-12-17(3,4)22-16(14)15/h6,8-9,13,18H,5,7,10-12H2,1-4H3/t13-/m1/s1.